The Bertz CT molecular complexity index is 1150. The molecule has 0 aliphatic heterocycles. The number of hydrogen-bond donors (Lipinski definition) is 1. The van der Waals surface area contributed by atoms with Crippen LogP contribution in [0.15, 0.2) is 54.2 Å². The van der Waals surface area contributed by atoms with Crippen molar-refractivity contribution in [3.63, 3.8) is 0 Å². The number of rotatable bonds is 10. The van der Waals surface area contributed by atoms with E-state index < -0.39 is 0 Å². The first-order valence-corrected chi connectivity index (χ1v) is 11.8. The molecule has 3 rings (SSSR count). The molecule has 7 nitrogen and oxygen atoms in total. The summed E-state index contributed by atoms with van der Waals surface area (Å²) in [5.41, 5.74) is 1.43. The molecule has 0 aliphatic rings. The molecule has 0 bridgehead atoms. The van der Waals surface area contributed by atoms with Gasteiger partial charge in [0, 0.05) is 16.6 Å². The van der Waals surface area contributed by atoms with Crippen LogP contribution >= 0.6 is 35.0 Å². The Labute approximate surface area is 207 Å². The molecule has 1 atom stereocenters. The molecule has 2 aromatic carbocycles. The van der Waals surface area contributed by atoms with E-state index in [0.29, 0.717) is 44.8 Å². The van der Waals surface area contributed by atoms with Crippen LogP contribution in [0, 0.1) is 6.92 Å². The standard InChI is InChI=1S/C23H24Cl2N4O3S/c1-5-10-29-22(15(3)32-19-8-6-16(24)11-14(19)2)27-28-23(29)33-13-21(30)26-18-12-17(25)7-9-20(18)31-4/h5-9,11-12,15H,1,10,13H2,2-4H3,(H,26,30). The Balaban J connectivity index is 1.70. The minimum absolute atomic E-state index is 0.122. The average Bonchev–Trinajstić information content (AvgIpc) is 3.17. The van der Waals surface area contributed by atoms with E-state index in [1.807, 2.05) is 30.5 Å². The highest BCUT2D eigenvalue weighted by Crippen LogP contribution is 2.30. The second-order valence-electron chi connectivity index (χ2n) is 7.09. The number of ether oxygens (including phenoxy) is 2. The topological polar surface area (TPSA) is 78.3 Å². The number of carbonyl (C=O) groups excluding carboxylic acids is 1. The van der Waals surface area contributed by atoms with Crippen molar-refractivity contribution in [2.75, 3.05) is 18.2 Å². The fourth-order valence-corrected chi connectivity index (χ4v) is 4.24. The van der Waals surface area contributed by atoms with Gasteiger partial charge in [0.25, 0.3) is 0 Å². The van der Waals surface area contributed by atoms with E-state index in [2.05, 4.69) is 22.1 Å². The summed E-state index contributed by atoms with van der Waals surface area (Å²) >= 11 is 13.3. The molecule has 1 unspecified atom stereocenters. The number of anilines is 1. The number of methoxy groups -OCH3 is 1. The number of nitrogens with one attached hydrogen (secondary N) is 1. The zero-order valence-corrected chi connectivity index (χ0v) is 20.8. The van der Waals surface area contributed by atoms with Crippen molar-refractivity contribution in [3.8, 4) is 11.5 Å². The van der Waals surface area contributed by atoms with Gasteiger partial charge in [-0.1, -0.05) is 41.0 Å². The SMILES string of the molecule is C=CCn1c(SCC(=O)Nc2cc(Cl)ccc2OC)nnc1C(C)Oc1ccc(Cl)cc1C. The second-order valence-corrected chi connectivity index (χ2v) is 8.91. The Morgan fingerprint density at radius 1 is 1.21 bits per heavy atom. The molecule has 10 heteroatoms. The van der Waals surface area contributed by atoms with Crippen LogP contribution in [-0.2, 0) is 11.3 Å². The van der Waals surface area contributed by atoms with Gasteiger partial charge in [-0.2, -0.15) is 0 Å². The van der Waals surface area contributed by atoms with E-state index in [9.17, 15) is 4.79 Å². The first kappa shape index (κ1) is 25.0. The number of benzene rings is 2. The van der Waals surface area contributed by atoms with E-state index >= 15 is 0 Å². The predicted octanol–water partition coefficient (Wildman–Crippen LogP) is 5.96. The third kappa shape index (κ3) is 6.43. The molecule has 1 N–H and O–H groups in total. The number of aromatic nitrogens is 3. The quantitative estimate of drug-likeness (QED) is 0.270. The summed E-state index contributed by atoms with van der Waals surface area (Å²) in [6, 6.07) is 10.5. The number of carbonyl (C=O) groups is 1. The summed E-state index contributed by atoms with van der Waals surface area (Å²) in [5, 5.41) is 13.1. The zero-order chi connectivity index (χ0) is 24.0. The third-order valence-corrected chi connectivity index (χ3v) is 6.07. The molecule has 1 amide bonds. The first-order chi connectivity index (χ1) is 15.8. The van der Waals surface area contributed by atoms with Gasteiger partial charge in [-0.3, -0.25) is 9.36 Å². The van der Waals surface area contributed by atoms with Gasteiger partial charge in [-0.25, -0.2) is 0 Å². The van der Waals surface area contributed by atoms with Crippen molar-refractivity contribution in [1.82, 2.24) is 14.8 Å². The van der Waals surface area contributed by atoms with E-state index in [-0.39, 0.29) is 17.8 Å². The van der Waals surface area contributed by atoms with Gasteiger partial charge in [0.05, 0.1) is 18.6 Å². The average molecular weight is 507 g/mol. The van der Waals surface area contributed by atoms with Gasteiger partial charge in [-0.05, 0) is 55.8 Å². The molecule has 0 radical (unpaired) electrons. The molecule has 1 aromatic heterocycles. The van der Waals surface area contributed by atoms with E-state index in [4.69, 9.17) is 32.7 Å². The highest BCUT2D eigenvalue weighted by Gasteiger charge is 2.20. The van der Waals surface area contributed by atoms with Crippen LogP contribution < -0.4 is 14.8 Å². The van der Waals surface area contributed by atoms with E-state index in [0.717, 1.165) is 5.56 Å². The van der Waals surface area contributed by atoms with Gasteiger partial charge in [-0.15, -0.1) is 16.8 Å². The van der Waals surface area contributed by atoms with E-state index in [1.54, 1.807) is 30.3 Å². The monoisotopic (exact) mass is 506 g/mol. The largest absolute Gasteiger partial charge is 0.495 e. The molecule has 0 saturated carbocycles. The molecular weight excluding hydrogens is 483 g/mol. The normalized spacial score (nSPS) is 11.7. The van der Waals surface area contributed by atoms with Crippen LogP contribution in [0.4, 0.5) is 5.69 Å². The fraction of sp³-hybridized carbons (Fsp3) is 0.261. The first-order valence-electron chi connectivity index (χ1n) is 10.0. The summed E-state index contributed by atoms with van der Waals surface area (Å²) in [4.78, 5) is 12.5. The van der Waals surface area contributed by atoms with Crippen LogP contribution in [0.2, 0.25) is 10.0 Å². The lowest BCUT2D eigenvalue weighted by Gasteiger charge is -2.17. The van der Waals surface area contributed by atoms with Gasteiger partial charge < -0.3 is 14.8 Å². The molecule has 0 saturated heterocycles. The number of aryl methyl sites for hydroxylation is 1. The van der Waals surface area contributed by atoms with Crippen molar-refractivity contribution in [3.05, 3.63) is 70.5 Å². The maximum absolute atomic E-state index is 12.5. The summed E-state index contributed by atoms with van der Waals surface area (Å²) in [5.74, 6) is 1.76. The van der Waals surface area contributed by atoms with Crippen molar-refractivity contribution >= 4 is 46.6 Å². The molecule has 0 spiro atoms. The molecule has 1 heterocycles. The van der Waals surface area contributed by atoms with Gasteiger partial charge >= 0.3 is 0 Å². The van der Waals surface area contributed by atoms with Crippen molar-refractivity contribution in [2.24, 2.45) is 0 Å². The van der Waals surface area contributed by atoms with Crippen LogP contribution in [-0.4, -0.2) is 33.5 Å². The van der Waals surface area contributed by atoms with Crippen LogP contribution in [0.3, 0.4) is 0 Å². The van der Waals surface area contributed by atoms with Gasteiger partial charge in [0.1, 0.15) is 11.5 Å². The van der Waals surface area contributed by atoms with Crippen molar-refractivity contribution in [1.29, 1.82) is 0 Å². The number of allylic oxidation sites excluding steroid dienone is 1. The Hall–Kier alpha value is -2.68. The number of nitrogens with zero attached hydrogens (tertiary/aromatic N) is 3. The zero-order valence-electron chi connectivity index (χ0n) is 18.5. The van der Waals surface area contributed by atoms with Crippen LogP contribution in [0.5, 0.6) is 11.5 Å². The highest BCUT2D eigenvalue weighted by molar-refractivity contribution is 7.99. The van der Waals surface area contributed by atoms with Crippen molar-refractivity contribution < 1.29 is 14.3 Å². The summed E-state index contributed by atoms with van der Waals surface area (Å²) in [7, 11) is 1.53. The highest BCUT2D eigenvalue weighted by atomic mass is 35.5. The lowest BCUT2D eigenvalue weighted by atomic mass is 10.2. The molecule has 0 fully saturated rings. The second kappa shape index (κ2) is 11.4. The molecule has 174 valence electrons. The van der Waals surface area contributed by atoms with Crippen LogP contribution in [0.25, 0.3) is 0 Å². The molecule has 33 heavy (non-hydrogen) atoms. The van der Waals surface area contributed by atoms with Crippen LogP contribution in [0.1, 0.15) is 24.4 Å². The third-order valence-electron chi connectivity index (χ3n) is 4.63. The number of hydrogen-bond acceptors (Lipinski definition) is 6. The van der Waals surface area contributed by atoms with Gasteiger partial charge in [0.15, 0.2) is 17.1 Å². The smallest absolute Gasteiger partial charge is 0.234 e. The number of halogens is 2. The Morgan fingerprint density at radius 3 is 2.58 bits per heavy atom. The van der Waals surface area contributed by atoms with E-state index in [1.165, 1.54) is 18.9 Å². The molecule has 3 aromatic rings. The lowest BCUT2D eigenvalue weighted by molar-refractivity contribution is -0.113. The van der Waals surface area contributed by atoms with Crippen molar-refractivity contribution in [2.45, 2.75) is 31.7 Å². The number of thioether (sulfide) groups is 1. The minimum atomic E-state index is -0.378. The fourth-order valence-electron chi connectivity index (χ4n) is 3.09. The minimum Gasteiger partial charge on any atom is -0.495 e. The number of amides is 1. The van der Waals surface area contributed by atoms with Gasteiger partial charge in [0.2, 0.25) is 5.91 Å². The summed E-state index contributed by atoms with van der Waals surface area (Å²) < 4.78 is 13.2. The lowest BCUT2D eigenvalue weighted by Crippen LogP contribution is -2.16. The molecular formula is C23H24Cl2N4O3S. The molecule has 0 aliphatic carbocycles. The summed E-state index contributed by atoms with van der Waals surface area (Å²) in [6.07, 6.45) is 1.37. The maximum Gasteiger partial charge on any atom is 0.234 e. The predicted molar refractivity (Wildman–Crippen MR) is 133 cm³/mol. The Morgan fingerprint density at radius 2 is 1.91 bits per heavy atom. The Kier molecular flexibility index (Phi) is 8.66. The summed E-state index contributed by atoms with van der Waals surface area (Å²) in [6.45, 7) is 8.11. The maximum atomic E-state index is 12.5.